The summed E-state index contributed by atoms with van der Waals surface area (Å²) in [5, 5.41) is 0. The number of fused-ring (bicyclic) bond motifs is 1. The van der Waals surface area contributed by atoms with Gasteiger partial charge in [-0.3, -0.25) is 0 Å². The largest absolute Gasteiger partial charge is 0.497 e. The molecule has 4 rings (SSSR count). The van der Waals surface area contributed by atoms with Gasteiger partial charge in [0.1, 0.15) is 11.4 Å². The summed E-state index contributed by atoms with van der Waals surface area (Å²) in [5.41, 5.74) is 0.925. The van der Waals surface area contributed by atoms with Gasteiger partial charge in [0, 0.05) is 6.42 Å². The first-order chi connectivity index (χ1) is 10.8. The van der Waals surface area contributed by atoms with Crippen molar-refractivity contribution in [1.82, 2.24) is 0 Å². The molecule has 22 heavy (non-hydrogen) atoms. The Morgan fingerprint density at radius 2 is 1.68 bits per heavy atom. The highest BCUT2D eigenvalue weighted by Crippen LogP contribution is 2.56. The number of benzene rings is 1. The monoisotopic (exact) mass is 304 g/mol. The maximum Gasteiger partial charge on any atom is 0.200 e. The fourth-order valence-electron chi connectivity index (χ4n) is 4.30. The second-order valence-electron chi connectivity index (χ2n) is 6.59. The first-order valence-corrected chi connectivity index (χ1v) is 8.37. The van der Waals surface area contributed by atoms with Gasteiger partial charge in [-0.2, -0.15) is 0 Å². The van der Waals surface area contributed by atoms with E-state index in [2.05, 4.69) is 12.1 Å². The number of methoxy groups -OCH3 is 1. The lowest BCUT2D eigenvalue weighted by Crippen LogP contribution is -2.52. The van der Waals surface area contributed by atoms with Gasteiger partial charge in [-0.25, -0.2) is 0 Å². The van der Waals surface area contributed by atoms with Crippen LogP contribution in [0, 0.1) is 0 Å². The highest BCUT2D eigenvalue weighted by molar-refractivity contribution is 5.30. The van der Waals surface area contributed by atoms with E-state index >= 15 is 0 Å². The van der Waals surface area contributed by atoms with Crippen LogP contribution in [0.5, 0.6) is 5.75 Å². The van der Waals surface area contributed by atoms with Crippen molar-refractivity contribution in [2.45, 2.75) is 56.0 Å². The Morgan fingerprint density at radius 1 is 1.00 bits per heavy atom. The van der Waals surface area contributed by atoms with Crippen molar-refractivity contribution in [3.05, 3.63) is 29.8 Å². The number of rotatable bonds is 2. The van der Waals surface area contributed by atoms with Crippen LogP contribution in [-0.4, -0.2) is 31.7 Å². The number of hydrogen-bond acceptors (Lipinski definition) is 4. The van der Waals surface area contributed by atoms with Crippen LogP contribution in [-0.2, 0) is 14.2 Å². The zero-order chi connectivity index (χ0) is 15.0. The van der Waals surface area contributed by atoms with E-state index in [4.69, 9.17) is 18.9 Å². The molecule has 2 spiro atoms. The predicted molar refractivity (Wildman–Crippen MR) is 81.9 cm³/mol. The van der Waals surface area contributed by atoms with Crippen molar-refractivity contribution in [3.63, 3.8) is 0 Å². The van der Waals surface area contributed by atoms with Gasteiger partial charge >= 0.3 is 0 Å². The Hall–Kier alpha value is -1.10. The van der Waals surface area contributed by atoms with Crippen molar-refractivity contribution < 1.29 is 18.9 Å². The molecule has 1 saturated carbocycles. The van der Waals surface area contributed by atoms with Gasteiger partial charge in [-0.1, -0.05) is 31.4 Å². The molecule has 1 aliphatic carbocycles. The van der Waals surface area contributed by atoms with Crippen molar-refractivity contribution in [2.75, 3.05) is 20.3 Å². The molecule has 0 N–H and O–H groups in total. The van der Waals surface area contributed by atoms with E-state index in [1.165, 1.54) is 24.8 Å². The van der Waals surface area contributed by atoms with E-state index in [0.29, 0.717) is 13.2 Å². The van der Waals surface area contributed by atoms with Gasteiger partial charge in [-0.05, 0) is 30.5 Å². The molecule has 2 heterocycles. The molecule has 2 aliphatic heterocycles. The summed E-state index contributed by atoms with van der Waals surface area (Å²) < 4.78 is 24.1. The summed E-state index contributed by atoms with van der Waals surface area (Å²) in [6.07, 6.45) is 6.60. The SMILES string of the molecule is COc1ccc([C@H]2CC3(OCCO3)C3(CCCCC3)O2)cc1. The minimum atomic E-state index is -0.530. The Bertz CT molecular complexity index is 512. The zero-order valence-electron chi connectivity index (χ0n) is 13.2. The molecule has 1 atom stereocenters. The maximum atomic E-state index is 6.60. The van der Waals surface area contributed by atoms with Crippen LogP contribution >= 0.6 is 0 Å². The maximum absolute atomic E-state index is 6.60. The van der Waals surface area contributed by atoms with Crippen LogP contribution in [0.4, 0.5) is 0 Å². The predicted octanol–water partition coefficient (Wildman–Crippen LogP) is 3.60. The van der Waals surface area contributed by atoms with Crippen molar-refractivity contribution in [3.8, 4) is 5.75 Å². The molecule has 0 unspecified atom stereocenters. The number of hydrogen-bond donors (Lipinski definition) is 0. The molecule has 0 aromatic heterocycles. The Kier molecular flexibility index (Phi) is 3.63. The van der Waals surface area contributed by atoms with Crippen LogP contribution in [0.25, 0.3) is 0 Å². The Balaban J connectivity index is 1.63. The molecule has 4 heteroatoms. The first kappa shape index (κ1) is 14.5. The molecule has 4 nitrogen and oxygen atoms in total. The summed E-state index contributed by atoms with van der Waals surface area (Å²) in [5.74, 6) is 0.343. The highest BCUT2D eigenvalue weighted by atomic mass is 16.8. The van der Waals surface area contributed by atoms with Gasteiger partial charge < -0.3 is 18.9 Å². The van der Waals surface area contributed by atoms with Crippen LogP contribution < -0.4 is 4.74 Å². The van der Waals surface area contributed by atoms with E-state index in [9.17, 15) is 0 Å². The molecule has 2 saturated heterocycles. The summed E-state index contributed by atoms with van der Waals surface area (Å²) in [7, 11) is 1.69. The van der Waals surface area contributed by atoms with Gasteiger partial charge in [0.25, 0.3) is 0 Å². The van der Waals surface area contributed by atoms with E-state index in [0.717, 1.165) is 25.0 Å². The average Bonchev–Trinajstić information content (AvgIpc) is 3.16. The van der Waals surface area contributed by atoms with Crippen molar-refractivity contribution in [1.29, 1.82) is 0 Å². The Labute approximate surface area is 131 Å². The van der Waals surface area contributed by atoms with Crippen LogP contribution in [0.3, 0.4) is 0 Å². The minimum Gasteiger partial charge on any atom is -0.497 e. The molecule has 1 aromatic carbocycles. The van der Waals surface area contributed by atoms with E-state index < -0.39 is 5.79 Å². The second-order valence-corrected chi connectivity index (χ2v) is 6.59. The minimum absolute atomic E-state index is 0.0436. The summed E-state index contributed by atoms with van der Waals surface area (Å²) in [4.78, 5) is 0. The lowest BCUT2D eigenvalue weighted by molar-refractivity contribution is -0.250. The lowest BCUT2D eigenvalue weighted by Gasteiger charge is -2.42. The summed E-state index contributed by atoms with van der Waals surface area (Å²) in [6, 6.07) is 8.17. The van der Waals surface area contributed by atoms with E-state index in [1.807, 2.05) is 12.1 Å². The second kappa shape index (κ2) is 5.52. The fraction of sp³-hybridized carbons (Fsp3) is 0.667. The smallest absolute Gasteiger partial charge is 0.200 e. The average molecular weight is 304 g/mol. The fourth-order valence-corrected chi connectivity index (χ4v) is 4.30. The van der Waals surface area contributed by atoms with E-state index in [-0.39, 0.29) is 11.7 Å². The van der Waals surface area contributed by atoms with Gasteiger partial charge in [0.2, 0.25) is 5.79 Å². The quantitative estimate of drug-likeness (QED) is 0.836. The summed E-state index contributed by atoms with van der Waals surface area (Å²) >= 11 is 0. The van der Waals surface area contributed by atoms with Crippen LogP contribution in [0.15, 0.2) is 24.3 Å². The Morgan fingerprint density at radius 3 is 2.32 bits per heavy atom. The lowest BCUT2D eigenvalue weighted by atomic mass is 9.78. The molecule has 120 valence electrons. The molecule has 0 bridgehead atoms. The number of ether oxygens (including phenoxy) is 4. The standard InChI is InChI=1S/C18H24O4/c1-19-15-7-5-14(6-8-15)16-13-18(20-11-12-21-18)17(22-16)9-3-2-4-10-17/h5-8,16H,2-4,9-13H2,1H3/t16-/m1/s1. The molecule has 0 radical (unpaired) electrons. The van der Waals surface area contributed by atoms with Crippen LogP contribution in [0.2, 0.25) is 0 Å². The van der Waals surface area contributed by atoms with E-state index in [1.54, 1.807) is 7.11 Å². The first-order valence-electron chi connectivity index (χ1n) is 8.37. The topological polar surface area (TPSA) is 36.9 Å². The van der Waals surface area contributed by atoms with Gasteiger partial charge in [-0.15, -0.1) is 0 Å². The summed E-state index contributed by atoms with van der Waals surface area (Å²) in [6.45, 7) is 1.36. The third-order valence-electron chi connectivity index (χ3n) is 5.42. The molecular formula is C18H24O4. The van der Waals surface area contributed by atoms with Crippen LogP contribution in [0.1, 0.15) is 50.2 Å². The van der Waals surface area contributed by atoms with Crippen molar-refractivity contribution in [2.24, 2.45) is 0 Å². The third-order valence-corrected chi connectivity index (χ3v) is 5.42. The van der Waals surface area contributed by atoms with Gasteiger partial charge in [0.15, 0.2) is 0 Å². The molecule has 0 amide bonds. The molecular weight excluding hydrogens is 280 g/mol. The van der Waals surface area contributed by atoms with Gasteiger partial charge in [0.05, 0.1) is 26.4 Å². The normalized spacial score (nSPS) is 29.2. The molecule has 1 aromatic rings. The molecule has 3 aliphatic rings. The highest BCUT2D eigenvalue weighted by Gasteiger charge is 2.63. The zero-order valence-corrected chi connectivity index (χ0v) is 13.2. The molecule has 3 fully saturated rings. The third kappa shape index (κ3) is 2.16. The van der Waals surface area contributed by atoms with Crippen molar-refractivity contribution >= 4 is 0 Å².